The Hall–Kier alpha value is -1.68. The Kier molecular flexibility index (Phi) is 3.88. The molecule has 0 aliphatic heterocycles. The molecule has 1 N–H and O–H groups in total. The zero-order valence-corrected chi connectivity index (χ0v) is 10.2. The SMILES string of the molecule is CCC(Nc1cnnc(Cl)n1)c1ccccc1. The molecule has 1 heterocycles. The molecule has 1 aromatic heterocycles. The molecule has 0 aliphatic carbocycles. The predicted octanol–water partition coefficient (Wildman–Crippen LogP) is 3.09. The highest BCUT2D eigenvalue weighted by Gasteiger charge is 2.09. The summed E-state index contributed by atoms with van der Waals surface area (Å²) in [6, 6.07) is 10.4. The maximum absolute atomic E-state index is 5.69. The first-order chi connectivity index (χ1) is 8.29. The zero-order chi connectivity index (χ0) is 12.1. The van der Waals surface area contributed by atoms with Gasteiger partial charge in [-0.05, 0) is 23.6 Å². The van der Waals surface area contributed by atoms with Crippen LogP contribution in [0.15, 0.2) is 36.5 Å². The van der Waals surface area contributed by atoms with Crippen molar-refractivity contribution in [2.24, 2.45) is 0 Å². The normalized spacial score (nSPS) is 12.1. The molecular formula is C12H13ClN4. The fraction of sp³-hybridized carbons (Fsp3) is 0.250. The molecule has 2 rings (SSSR count). The summed E-state index contributed by atoms with van der Waals surface area (Å²) in [4.78, 5) is 4.07. The first kappa shape index (κ1) is 11.8. The van der Waals surface area contributed by atoms with E-state index in [4.69, 9.17) is 11.6 Å². The molecule has 88 valence electrons. The van der Waals surface area contributed by atoms with Crippen molar-refractivity contribution in [1.82, 2.24) is 15.2 Å². The third-order valence-electron chi connectivity index (χ3n) is 2.47. The Bertz CT molecular complexity index is 475. The Morgan fingerprint density at radius 3 is 2.71 bits per heavy atom. The highest BCUT2D eigenvalue weighted by atomic mass is 35.5. The van der Waals surface area contributed by atoms with Crippen molar-refractivity contribution in [3.05, 3.63) is 47.4 Å². The van der Waals surface area contributed by atoms with Gasteiger partial charge in [0.2, 0.25) is 5.28 Å². The van der Waals surface area contributed by atoms with Gasteiger partial charge in [0, 0.05) is 0 Å². The Morgan fingerprint density at radius 1 is 1.29 bits per heavy atom. The fourth-order valence-electron chi connectivity index (χ4n) is 1.64. The molecule has 4 nitrogen and oxygen atoms in total. The molecule has 0 aliphatic rings. The van der Waals surface area contributed by atoms with E-state index >= 15 is 0 Å². The van der Waals surface area contributed by atoms with Crippen LogP contribution in [0.25, 0.3) is 0 Å². The van der Waals surface area contributed by atoms with Crippen LogP contribution in [0.4, 0.5) is 5.82 Å². The second-order valence-electron chi connectivity index (χ2n) is 3.63. The van der Waals surface area contributed by atoms with Gasteiger partial charge in [0.1, 0.15) is 5.82 Å². The smallest absolute Gasteiger partial charge is 0.244 e. The number of hydrogen-bond acceptors (Lipinski definition) is 4. The van der Waals surface area contributed by atoms with Crippen molar-refractivity contribution in [1.29, 1.82) is 0 Å². The fourth-order valence-corrected chi connectivity index (χ4v) is 1.77. The Labute approximate surface area is 105 Å². The minimum atomic E-state index is 0.151. The van der Waals surface area contributed by atoms with Crippen LogP contribution in [0.1, 0.15) is 24.9 Å². The van der Waals surface area contributed by atoms with Crippen LogP contribution >= 0.6 is 11.6 Å². The molecular weight excluding hydrogens is 236 g/mol. The third kappa shape index (κ3) is 3.14. The van der Waals surface area contributed by atoms with Gasteiger partial charge in [-0.2, -0.15) is 10.1 Å². The molecule has 0 saturated heterocycles. The van der Waals surface area contributed by atoms with Crippen LogP contribution in [0, 0.1) is 0 Å². The molecule has 1 atom stereocenters. The molecule has 1 unspecified atom stereocenters. The summed E-state index contributed by atoms with van der Waals surface area (Å²) >= 11 is 5.69. The van der Waals surface area contributed by atoms with Gasteiger partial charge < -0.3 is 5.32 Å². The molecule has 0 saturated carbocycles. The highest BCUT2D eigenvalue weighted by molar-refractivity contribution is 6.28. The van der Waals surface area contributed by atoms with Crippen LogP contribution in [0.2, 0.25) is 5.28 Å². The van der Waals surface area contributed by atoms with E-state index in [9.17, 15) is 0 Å². The summed E-state index contributed by atoms with van der Waals surface area (Å²) in [6.45, 7) is 2.11. The number of nitrogens with one attached hydrogen (secondary N) is 1. The number of nitrogens with zero attached hydrogens (tertiary/aromatic N) is 3. The van der Waals surface area contributed by atoms with E-state index in [0.29, 0.717) is 5.82 Å². The lowest BCUT2D eigenvalue weighted by Crippen LogP contribution is -2.11. The van der Waals surface area contributed by atoms with E-state index in [-0.39, 0.29) is 11.3 Å². The number of aromatic nitrogens is 3. The molecule has 0 amide bonds. The number of anilines is 1. The molecule has 5 heteroatoms. The van der Waals surface area contributed by atoms with Crippen molar-refractivity contribution in [3.8, 4) is 0 Å². The topological polar surface area (TPSA) is 50.7 Å². The molecule has 1 aromatic carbocycles. The van der Waals surface area contributed by atoms with Crippen molar-refractivity contribution in [2.75, 3.05) is 5.32 Å². The van der Waals surface area contributed by atoms with Gasteiger partial charge in [-0.1, -0.05) is 37.3 Å². The quantitative estimate of drug-likeness (QED) is 0.903. The molecule has 17 heavy (non-hydrogen) atoms. The molecule has 0 bridgehead atoms. The predicted molar refractivity (Wildman–Crippen MR) is 67.9 cm³/mol. The lowest BCUT2D eigenvalue weighted by molar-refractivity contribution is 0.741. The monoisotopic (exact) mass is 248 g/mol. The lowest BCUT2D eigenvalue weighted by Gasteiger charge is -2.17. The standard InChI is InChI=1S/C12H13ClN4/c1-2-10(9-6-4-3-5-7-9)15-11-8-14-17-12(13)16-11/h3-8,10H,2H2,1H3,(H,15,16,17). The average molecular weight is 249 g/mol. The van der Waals surface area contributed by atoms with Gasteiger partial charge in [0.15, 0.2) is 0 Å². The van der Waals surface area contributed by atoms with Gasteiger partial charge in [0.05, 0.1) is 12.2 Å². The van der Waals surface area contributed by atoms with Crippen molar-refractivity contribution < 1.29 is 0 Å². The summed E-state index contributed by atoms with van der Waals surface area (Å²) < 4.78 is 0. The Balaban J connectivity index is 2.16. The molecule has 0 radical (unpaired) electrons. The first-order valence-electron chi connectivity index (χ1n) is 5.46. The van der Waals surface area contributed by atoms with E-state index in [2.05, 4.69) is 39.6 Å². The summed E-state index contributed by atoms with van der Waals surface area (Å²) in [5, 5.41) is 10.8. The van der Waals surface area contributed by atoms with Crippen molar-refractivity contribution in [2.45, 2.75) is 19.4 Å². The van der Waals surface area contributed by atoms with E-state index in [1.165, 1.54) is 5.56 Å². The summed E-state index contributed by atoms with van der Waals surface area (Å²) in [5.74, 6) is 0.640. The van der Waals surface area contributed by atoms with Crippen LogP contribution in [-0.4, -0.2) is 15.2 Å². The number of hydrogen-bond donors (Lipinski definition) is 1. The Morgan fingerprint density at radius 2 is 2.06 bits per heavy atom. The highest BCUT2D eigenvalue weighted by Crippen LogP contribution is 2.20. The molecule has 0 fully saturated rings. The minimum Gasteiger partial charge on any atom is -0.362 e. The summed E-state index contributed by atoms with van der Waals surface area (Å²) in [6.07, 6.45) is 2.52. The maximum atomic E-state index is 5.69. The van der Waals surface area contributed by atoms with Crippen molar-refractivity contribution >= 4 is 17.4 Å². The van der Waals surface area contributed by atoms with Gasteiger partial charge in [-0.3, -0.25) is 0 Å². The number of halogens is 1. The van der Waals surface area contributed by atoms with E-state index < -0.39 is 0 Å². The van der Waals surface area contributed by atoms with E-state index in [1.54, 1.807) is 6.20 Å². The maximum Gasteiger partial charge on any atom is 0.244 e. The van der Waals surface area contributed by atoms with Crippen LogP contribution in [0.3, 0.4) is 0 Å². The number of rotatable bonds is 4. The van der Waals surface area contributed by atoms with Gasteiger partial charge in [0.25, 0.3) is 0 Å². The van der Waals surface area contributed by atoms with Crippen LogP contribution < -0.4 is 5.32 Å². The van der Waals surface area contributed by atoms with Gasteiger partial charge in [-0.15, -0.1) is 5.10 Å². The van der Waals surface area contributed by atoms with Crippen LogP contribution in [-0.2, 0) is 0 Å². The summed E-state index contributed by atoms with van der Waals surface area (Å²) in [5.41, 5.74) is 1.21. The number of benzene rings is 1. The first-order valence-corrected chi connectivity index (χ1v) is 5.84. The third-order valence-corrected chi connectivity index (χ3v) is 2.63. The van der Waals surface area contributed by atoms with E-state index in [1.807, 2.05) is 18.2 Å². The largest absolute Gasteiger partial charge is 0.362 e. The summed E-state index contributed by atoms with van der Waals surface area (Å²) in [7, 11) is 0. The minimum absolute atomic E-state index is 0.151. The van der Waals surface area contributed by atoms with Gasteiger partial charge >= 0.3 is 0 Å². The van der Waals surface area contributed by atoms with Crippen LogP contribution in [0.5, 0.6) is 0 Å². The zero-order valence-electron chi connectivity index (χ0n) is 9.47. The van der Waals surface area contributed by atoms with E-state index in [0.717, 1.165) is 6.42 Å². The second-order valence-corrected chi connectivity index (χ2v) is 3.96. The molecule has 0 spiro atoms. The molecule has 2 aromatic rings. The lowest BCUT2D eigenvalue weighted by atomic mass is 10.1. The average Bonchev–Trinajstić information content (AvgIpc) is 2.37. The van der Waals surface area contributed by atoms with Crippen molar-refractivity contribution in [3.63, 3.8) is 0 Å². The van der Waals surface area contributed by atoms with Gasteiger partial charge in [-0.25, -0.2) is 0 Å². The second kappa shape index (κ2) is 5.59.